The average molecular weight is 240 g/mol. The molecule has 0 spiro atoms. The molecule has 92 valence electrons. The molecule has 1 unspecified atom stereocenters. The highest BCUT2D eigenvalue weighted by atomic mass is 16.5. The number of hydrogen-bond acceptors (Lipinski definition) is 3. The zero-order chi connectivity index (χ0) is 12.4. The van der Waals surface area contributed by atoms with E-state index in [1.165, 1.54) is 11.1 Å². The van der Waals surface area contributed by atoms with Gasteiger partial charge in [0.1, 0.15) is 11.5 Å². The fourth-order valence-electron chi connectivity index (χ4n) is 2.37. The minimum atomic E-state index is 0.286. The molecule has 2 N–H and O–H groups in total. The molecule has 1 aliphatic carbocycles. The van der Waals surface area contributed by atoms with Crippen molar-refractivity contribution >= 4 is 0 Å². The van der Waals surface area contributed by atoms with Gasteiger partial charge in [0.15, 0.2) is 0 Å². The maximum Gasteiger partial charge on any atom is 0.130 e. The van der Waals surface area contributed by atoms with Crippen LogP contribution in [0.1, 0.15) is 17.5 Å². The second-order valence-corrected chi connectivity index (χ2v) is 4.72. The maximum absolute atomic E-state index is 6.00. The third kappa shape index (κ3) is 2.36. The largest absolute Gasteiger partial charge is 0.457 e. The standard InChI is InChI=1S/C15H16N2O/c16-13-3-1-11-2-4-15(10-12(11)9-13)18-14-5-7-17-8-6-14/h2,4-8,10,13H,1,3,9,16H2. The van der Waals surface area contributed by atoms with Crippen LogP contribution in [0.5, 0.6) is 11.5 Å². The lowest BCUT2D eigenvalue weighted by atomic mass is 9.89. The van der Waals surface area contributed by atoms with Crippen LogP contribution in [0.25, 0.3) is 0 Å². The molecule has 0 bridgehead atoms. The first-order valence-corrected chi connectivity index (χ1v) is 6.26. The monoisotopic (exact) mass is 240 g/mol. The van der Waals surface area contributed by atoms with Crippen molar-refractivity contribution in [2.24, 2.45) is 5.73 Å². The van der Waals surface area contributed by atoms with E-state index in [4.69, 9.17) is 10.5 Å². The van der Waals surface area contributed by atoms with Crippen molar-refractivity contribution in [3.63, 3.8) is 0 Å². The number of ether oxygens (including phenoxy) is 1. The molecule has 1 atom stereocenters. The van der Waals surface area contributed by atoms with E-state index in [0.29, 0.717) is 0 Å². The Bertz CT molecular complexity index is 539. The van der Waals surface area contributed by atoms with E-state index in [2.05, 4.69) is 17.1 Å². The van der Waals surface area contributed by atoms with Crippen LogP contribution in [0.3, 0.4) is 0 Å². The van der Waals surface area contributed by atoms with Crippen molar-refractivity contribution in [2.75, 3.05) is 0 Å². The lowest BCUT2D eigenvalue weighted by Crippen LogP contribution is -2.27. The van der Waals surface area contributed by atoms with Crippen LogP contribution >= 0.6 is 0 Å². The van der Waals surface area contributed by atoms with Crippen LogP contribution in [0.4, 0.5) is 0 Å². The van der Waals surface area contributed by atoms with Crippen molar-refractivity contribution in [2.45, 2.75) is 25.3 Å². The Balaban J connectivity index is 1.84. The van der Waals surface area contributed by atoms with Gasteiger partial charge in [-0.25, -0.2) is 0 Å². The third-order valence-corrected chi connectivity index (χ3v) is 3.33. The SMILES string of the molecule is NC1CCc2ccc(Oc3ccncc3)cc2C1. The summed E-state index contributed by atoms with van der Waals surface area (Å²) in [5, 5.41) is 0. The molecule has 0 saturated carbocycles. The molecular weight excluding hydrogens is 224 g/mol. The first kappa shape index (κ1) is 11.2. The summed E-state index contributed by atoms with van der Waals surface area (Å²) in [6, 6.07) is 10.3. The zero-order valence-corrected chi connectivity index (χ0v) is 10.2. The molecule has 1 aliphatic rings. The second kappa shape index (κ2) is 4.78. The first-order chi connectivity index (χ1) is 8.81. The summed E-state index contributed by atoms with van der Waals surface area (Å²) in [4.78, 5) is 3.97. The molecule has 0 aliphatic heterocycles. The van der Waals surface area contributed by atoms with E-state index in [-0.39, 0.29) is 6.04 Å². The lowest BCUT2D eigenvalue weighted by Gasteiger charge is -2.21. The van der Waals surface area contributed by atoms with E-state index < -0.39 is 0 Å². The summed E-state index contributed by atoms with van der Waals surface area (Å²) >= 11 is 0. The second-order valence-electron chi connectivity index (χ2n) is 4.72. The summed E-state index contributed by atoms with van der Waals surface area (Å²) < 4.78 is 5.80. The smallest absolute Gasteiger partial charge is 0.130 e. The van der Waals surface area contributed by atoms with E-state index in [0.717, 1.165) is 30.8 Å². The third-order valence-electron chi connectivity index (χ3n) is 3.33. The van der Waals surface area contributed by atoms with Crippen molar-refractivity contribution in [1.29, 1.82) is 0 Å². The van der Waals surface area contributed by atoms with Crippen LogP contribution in [0, 0.1) is 0 Å². The normalized spacial score (nSPS) is 18.2. The van der Waals surface area contributed by atoms with Gasteiger partial charge in [0.2, 0.25) is 0 Å². The number of benzene rings is 1. The molecule has 3 rings (SSSR count). The fraction of sp³-hybridized carbons (Fsp3) is 0.267. The van der Waals surface area contributed by atoms with Crippen molar-refractivity contribution < 1.29 is 4.74 Å². The Morgan fingerprint density at radius 1 is 1.06 bits per heavy atom. The van der Waals surface area contributed by atoms with Crippen molar-refractivity contribution in [3.8, 4) is 11.5 Å². The molecule has 0 amide bonds. The Hall–Kier alpha value is -1.87. The number of aromatic nitrogens is 1. The highest BCUT2D eigenvalue weighted by molar-refractivity contribution is 5.39. The predicted octanol–water partition coefficient (Wildman–Crippen LogP) is 2.69. The van der Waals surface area contributed by atoms with E-state index in [1.807, 2.05) is 18.2 Å². The van der Waals surface area contributed by atoms with Crippen LogP contribution in [-0.4, -0.2) is 11.0 Å². The molecular formula is C15H16N2O. The van der Waals surface area contributed by atoms with E-state index >= 15 is 0 Å². The highest BCUT2D eigenvalue weighted by Gasteiger charge is 2.15. The average Bonchev–Trinajstić information content (AvgIpc) is 2.39. The van der Waals surface area contributed by atoms with Gasteiger partial charge in [0.05, 0.1) is 0 Å². The number of aryl methyl sites for hydroxylation is 1. The Morgan fingerprint density at radius 2 is 1.89 bits per heavy atom. The summed E-state index contributed by atoms with van der Waals surface area (Å²) in [6.45, 7) is 0. The first-order valence-electron chi connectivity index (χ1n) is 6.26. The van der Waals surface area contributed by atoms with Gasteiger partial charge in [-0.05, 0) is 54.7 Å². The van der Waals surface area contributed by atoms with Crippen molar-refractivity contribution in [1.82, 2.24) is 4.98 Å². The van der Waals surface area contributed by atoms with Crippen LogP contribution < -0.4 is 10.5 Å². The molecule has 0 radical (unpaired) electrons. The van der Waals surface area contributed by atoms with Crippen LogP contribution in [-0.2, 0) is 12.8 Å². The van der Waals surface area contributed by atoms with Gasteiger partial charge in [-0.15, -0.1) is 0 Å². The molecule has 0 saturated heterocycles. The fourth-order valence-corrected chi connectivity index (χ4v) is 2.37. The minimum Gasteiger partial charge on any atom is -0.457 e. The molecule has 1 heterocycles. The summed E-state index contributed by atoms with van der Waals surface area (Å²) in [5.74, 6) is 1.68. The molecule has 3 heteroatoms. The van der Waals surface area contributed by atoms with Gasteiger partial charge < -0.3 is 10.5 Å². The number of nitrogens with zero attached hydrogens (tertiary/aromatic N) is 1. The Morgan fingerprint density at radius 3 is 2.72 bits per heavy atom. The highest BCUT2D eigenvalue weighted by Crippen LogP contribution is 2.27. The number of hydrogen-bond donors (Lipinski definition) is 1. The minimum absolute atomic E-state index is 0.286. The van der Waals surface area contributed by atoms with Gasteiger partial charge in [-0.1, -0.05) is 6.07 Å². The quantitative estimate of drug-likeness (QED) is 0.878. The van der Waals surface area contributed by atoms with Crippen LogP contribution in [0.15, 0.2) is 42.7 Å². The zero-order valence-electron chi connectivity index (χ0n) is 10.2. The maximum atomic E-state index is 6.00. The van der Waals surface area contributed by atoms with E-state index in [9.17, 15) is 0 Å². The molecule has 3 nitrogen and oxygen atoms in total. The molecule has 1 aromatic carbocycles. The number of nitrogens with two attached hydrogens (primary N) is 1. The summed E-state index contributed by atoms with van der Waals surface area (Å²) in [5.41, 5.74) is 8.72. The Kier molecular flexibility index (Phi) is 2.99. The topological polar surface area (TPSA) is 48.1 Å². The predicted molar refractivity (Wildman–Crippen MR) is 70.8 cm³/mol. The summed E-state index contributed by atoms with van der Waals surface area (Å²) in [7, 11) is 0. The molecule has 0 fully saturated rings. The number of fused-ring (bicyclic) bond motifs is 1. The van der Waals surface area contributed by atoms with Crippen LogP contribution in [0.2, 0.25) is 0 Å². The van der Waals surface area contributed by atoms with Gasteiger partial charge in [-0.2, -0.15) is 0 Å². The Labute approximate surface area is 107 Å². The van der Waals surface area contributed by atoms with Gasteiger partial charge >= 0.3 is 0 Å². The van der Waals surface area contributed by atoms with Crippen molar-refractivity contribution in [3.05, 3.63) is 53.9 Å². The number of pyridine rings is 1. The number of rotatable bonds is 2. The molecule has 18 heavy (non-hydrogen) atoms. The van der Waals surface area contributed by atoms with Gasteiger partial charge in [-0.3, -0.25) is 4.98 Å². The van der Waals surface area contributed by atoms with E-state index in [1.54, 1.807) is 12.4 Å². The molecule has 1 aromatic heterocycles. The van der Waals surface area contributed by atoms with Gasteiger partial charge in [0, 0.05) is 18.4 Å². The molecule has 2 aromatic rings. The summed E-state index contributed by atoms with van der Waals surface area (Å²) in [6.07, 6.45) is 6.56. The lowest BCUT2D eigenvalue weighted by molar-refractivity contribution is 0.478. The van der Waals surface area contributed by atoms with Gasteiger partial charge in [0.25, 0.3) is 0 Å².